The van der Waals surface area contributed by atoms with Crippen molar-refractivity contribution in [2.75, 3.05) is 31.5 Å². The molecule has 2 rings (SSSR count). The normalized spacial score (nSPS) is 17.4. The van der Waals surface area contributed by atoms with Gasteiger partial charge in [0.25, 0.3) is 5.69 Å². The number of rotatable bonds is 6. The third kappa shape index (κ3) is 4.70. The molecule has 1 heterocycles. The largest absolute Gasteiger partial charge is 0.385 e. The van der Waals surface area contributed by atoms with Gasteiger partial charge in [0.05, 0.1) is 4.92 Å². The van der Waals surface area contributed by atoms with E-state index in [1.807, 2.05) is 6.07 Å². The van der Waals surface area contributed by atoms with Crippen LogP contribution in [0.2, 0.25) is 0 Å². The second-order valence-corrected chi connectivity index (χ2v) is 6.11. The number of nitrogens with one attached hydrogen (secondary N) is 1. The van der Waals surface area contributed by atoms with Crippen molar-refractivity contribution in [2.24, 2.45) is 5.92 Å². The van der Waals surface area contributed by atoms with E-state index >= 15 is 0 Å². The first-order valence-corrected chi connectivity index (χ1v) is 7.77. The van der Waals surface area contributed by atoms with E-state index in [1.54, 1.807) is 19.1 Å². The lowest BCUT2D eigenvalue weighted by Gasteiger charge is -2.29. The van der Waals surface area contributed by atoms with Gasteiger partial charge in [0.1, 0.15) is 0 Å². The van der Waals surface area contributed by atoms with Crippen LogP contribution in [-0.4, -0.2) is 36.0 Å². The maximum absolute atomic E-state index is 10.9. The SMILES string of the molecule is Cc1ccc(NCC(C)CN2CCCCC2)cc1[N+](=O)[O-]. The minimum Gasteiger partial charge on any atom is -0.385 e. The Balaban J connectivity index is 1.84. The van der Waals surface area contributed by atoms with Crippen LogP contribution in [0.3, 0.4) is 0 Å². The third-order valence-electron chi connectivity index (χ3n) is 4.08. The number of aryl methyl sites for hydroxylation is 1. The first kappa shape index (κ1) is 15.8. The number of anilines is 1. The predicted octanol–water partition coefficient (Wildman–Crippen LogP) is 3.44. The molecule has 1 fully saturated rings. The van der Waals surface area contributed by atoms with Crippen LogP contribution >= 0.6 is 0 Å². The predicted molar refractivity (Wildman–Crippen MR) is 85.8 cm³/mol. The van der Waals surface area contributed by atoms with Crippen molar-refractivity contribution < 1.29 is 4.92 Å². The van der Waals surface area contributed by atoms with Gasteiger partial charge in [-0.3, -0.25) is 10.1 Å². The first-order chi connectivity index (χ1) is 10.1. The average Bonchev–Trinajstić information content (AvgIpc) is 2.47. The van der Waals surface area contributed by atoms with Crippen LogP contribution in [0.4, 0.5) is 11.4 Å². The Morgan fingerprint density at radius 3 is 2.71 bits per heavy atom. The van der Waals surface area contributed by atoms with E-state index in [-0.39, 0.29) is 10.6 Å². The smallest absolute Gasteiger partial charge is 0.274 e. The van der Waals surface area contributed by atoms with Gasteiger partial charge in [0, 0.05) is 30.4 Å². The van der Waals surface area contributed by atoms with Crippen molar-refractivity contribution in [1.82, 2.24) is 4.90 Å². The van der Waals surface area contributed by atoms with Crippen LogP contribution in [0.1, 0.15) is 31.7 Å². The van der Waals surface area contributed by atoms with E-state index in [9.17, 15) is 10.1 Å². The monoisotopic (exact) mass is 291 g/mol. The fourth-order valence-corrected chi connectivity index (χ4v) is 2.86. The molecule has 1 atom stereocenters. The molecular weight excluding hydrogens is 266 g/mol. The highest BCUT2D eigenvalue weighted by Crippen LogP contribution is 2.22. The third-order valence-corrected chi connectivity index (χ3v) is 4.08. The molecule has 0 saturated carbocycles. The van der Waals surface area contributed by atoms with E-state index in [4.69, 9.17) is 0 Å². The molecule has 1 aromatic carbocycles. The van der Waals surface area contributed by atoms with Gasteiger partial charge in [-0.25, -0.2) is 0 Å². The number of piperidine rings is 1. The highest BCUT2D eigenvalue weighted by molar-refractivity contribution is 5.54. The number of likely N-dealkylation sites (tertiary alicyclic amines) is 1. The number of benzene rings is 1. The molecule has 1 aliphatic heterocycles. The maximum Gasteiger partial charge on any atom is 0.274 e. The summed E-state index contributed by atoms with van der Waals surface area (Å²) in [5.41, 5.74) is 1.72. The zero-order valence-electron chi connectivity index (χ0n) is 13.0. The van der Waals surface area contributed by atoms with Crippen molar-refractivity contribution in [1.29, 1.82) is 0 Å². The Kier molecular flexibility index (Phi) is 5.56. The molecular formula is C16H25N3O2. The molecule has 1 saturated heterocycles. The van der Waals surface area contributed by atoms with Crippen LogP contribution in [0, 0.1) is 23.0 Å². The molecule has 0 radical (unpaired) electrons. The summed E-state index contributed by atoms with van der Waals surface area (Å²) in [5, 5.41) is 14.3. The summed E-state index contributed by atoms with van der Waals surface area (Å²) < 4.78 is 0. The Bertz CT molecular complexity index is 484. The standard InChI is InChI=1S/C16H25N3O2/c1-13(12-18-8-4-3-5-9-18)11-17-15-7-6-14(2)16(10-15)19(20)21/h6-7,10,13,17H,3-5,8-9,11-12H2,1-2H3. The van der Waals surface area contributed by atoms with Gasteiger partial charge in [-0.2, -0.15) is 0 Å². The molecule has 5 heteroatoms. The van der Waals surface area contributed by atoms with Crippen LogP contribution in [0.15, 0.2) is 18.2 Å². The lowest BCUT2D eigenvalue weighted by atomic mass is 10.1. The average molecular weight is 291 g/mol. The fraction of sp³-hybridized carbons (Fsp3) is 0.625. The number of nitro benzene ring substituents is 1. The van der Waals surface area contributed by atoms with Crippen LogP contribution in [-0.2, 0) is 0 Å². The molecule has 0 amide bonds. The summed E-state index contributed by atoms with van der Waals surface area (Å²) in [6.07, 6.45) is 3.98. The van der Waals surface area contributed by atoms with Gasteiger partial charge in [0.2, 0.25) is 0 Å². The molecule has 1 aliphatic rings. The molecule has 0 bridgehead atoms. The van der Waals surface area contributed by atoms with E-state index in [0.29, 0.717) is 11.5 Å². The second kappa shape index (κ2) is 7.41. The Morgan fingerprint density at radius 2 is 2.05 bits per heavy atom. The Labute approximate surface area is 126 Å². The molecule has 0 aliphatic carbocycles. The number of hydrogen-bond acceptors (Lipinski definition) is 4. The molecule has 0 spiro atoms. The van der Waals surface area contributed by atoms with E-state index in [0.717, 1.165) is 18.8 Å². The van der Waals surface area contributed by atoms with Crippen LogP contribution in [0.25, 0.3) is 0 Å². The summed E-state index contributed by atoms with van der Waals surface area (Å²) in [4.78, 5) is 13.1. The summed E-state index contributed by atoms with van der Waals surface area (Å²) in [6, 6.07) is 5.34. The van der Waals surface area contributed by atoms with Gasteiger partial charge < -0.3 is 10.2 Å². The Morgan fingerprint density at radius 1 is 1.33 bits per heavy atom. The van der Waals surface area contributed by atoms with Gasteiger partial charge in [-0.1, -0.05) is 19.4 Å². The molecule has 0 aromatic heterocycles. The van der Waals surface area contributed by atoms with E-state index < -0.39 is 0 Å². The zero-order chi connectivity index (χ0) is 15.2. The van der Waals surface area contributed by atoms with Crippen LogP contribution in [0.5, 0.6) is 0 Å². The molecule has 1 unspecified atom stereocenters. The minimum absolute atomic E-state index is 0.184. The van der Waals surface area contributed by atoms with E-state index in [2.05, 4.69) is 17.1 Å². The second-order valence-electron chi connectivity index (χ2n) is 6.11. The van der Waals surface area contributed by atoms with Crippen molar-refractivity contribution in [2.45, 2.75) is 33.1 Å². The van der Waals surface area contributed by atoms with Crippen LogP contribution < -0.4 is 5.32 Å². The van der Waals surface area contributed by atoms with Gasteiger partial charge in [-0.05, 0) is 44.8 Å². The molecule has 1 aromatic rings. The number of nitrogens with zero attached hydrogens (tertiary/aromatic N) is 2. The maximum atomic E-state index is 10.9. The van der Waals surface area contributed by atoms with Gasteiger partial charge >= 0.3 is 0 Å². The summed E-state index contributed by atoms with van der Waals surface area (Å²) in [7, 11) is 0. The van der Waals surface area contributed by atoms with Gasteiger partial charge in [0.15, 0.2) is 0 Å². The quantitative estimate of drug-likeness (QED) is 0.644. The fourth-order valence-electron chi connectivity index (χ4n) is 2.86. The van der Waals surface area contributed by atoms with Crippen molar-refractivity contribution in [3.05, 3.63) is 33.9 Å². The lowest BCUT2D eigenvalue weighted by molar-refractivity contribution is -0.385. The van der Waals surface area contributed by atoms with Gasteiger partial charge in [-0.15, -0.1) is 0 Å². The Hall–Kier alpha value is -1.62. The van der Waals surface area contributed by atoms with E-state index in [1.165, 1.54) is 32.4 Å². The summed E-state index contributed by atoms with van der Waals surface area (Å²) >= 11 is 0. The summed E-state index contributed by atoms with van der Waals surface area (Å²) in [5.74, 6) is 0.531. The lowest BCUT2D eigenvalue weighted by Crippen LogP contribution is -2.35. The highest BCUT2D eigenvalue weighted by atomic mass is 16.6. The highest BCUT2D eigenvalue weighted by Gasteiger charge is 2.14. The van der Waals surface area contributed by atoms with Crippen molar-refractivity contribution in [3.63, 3.8) is 0 Å². The molecule has 116 valence electrons. The molecule has 5 nitrogen and oxygen atoms in total. The molecule has 1 N–H and O–H groups in total. The van der Waals surface area contributed by atoms with Crippen molar-refractivity contribution >= 4 is 11.4 Å². The summed E-state index contributed by atoms with van der Waals surface area (Å²) in [6.45, 7) is 8.35. The molecule has 21 heavy (non-hydrogen) atoms. The van der Waals surface area contributed by atoms with Crippen molar-refractivity contribution in [3.8, 4) is 0 Å². The minimum atomic E-state index is -0.322. The number of nitro groups is 1. The zero-order valence-corrected chi connectivity index (χ0v) is 13.0. The first-order valence-electron chi connectivity index (χ1n) is 7.77. The number of hydrogen-bond donors (Lipinski definition) is 1. The topological polar surface area (TPSA) is 58.4 Å².